The van der Waals surface area contributed by atoms with Gasteiger partial charge in [-0.25, -0.2) is 4.98 Å². The second-order valence-corrected chi connectivity index (χ2v) is 5.59. The molecule has 7 nitrogen and oxygen atoms in total. The van der Waals surface area contributed by atoms with Crippen LogP contribution >= 0.6 is 12.4 Å². The van der Waals surface area contributed by atoms with E-state index < -0.39 is 0 Å². The molecule has 126 valence electrons. The SMILES string of the molecule is Cc1nccn1CCCCNC(=O)c1n[nH]c2c1CNCC2.Cl. The molecule has 1 amide bonds. The predicted octanol–water partition coefficient (Wildman–Crippen LogP) is 1.19. The zero-order valence-electron chi connectivity index (χ0n) is 13.3. The Labute approximate surface area is 141 Å². The zero-order valence-corrected chi connectivity index (χ0v) is 14.1. The number of rotatable bonds is 6. The summed E-state index contributed by atoms with van der Waals surface area (Å²) < 4.78 is 2.12. The molecule has 0 aromatic carbocycles. The molecule has 3 N–H and O–H groups in total. The smallest absolute Gasteiger partial charge is 0.272 e. The Kier molecular flexibility index (Phi) is 6.18. The van der Waals surface area contributed by atoms with E-state index in [0.717, 1.165) is 49.4 Å². The number of fused-ring (bicyclic) bond motifs is 1. The number of aromatic nitrogens is 4. The van der Waals surface area contributed by atoms with Crippen LogP contribution in [0.1, 0.15) is 40.4 Å². The van der Waals surface area contributed by atoms with Gasteiger partial charge in [0.1, 0.15) is 5.82 Å². The maximum Gasteiger partial charge on any atom is 0.272 e. The molecular formula is C15H23ClN6O. The Morgan fingerprint density at radius 3 is 3.09 bits per heavy atom. The van der Waals surface area contributed by atoms with Crippen molar-refractivity contribution in [2.45, 2.75) is 39.3 Å². The number of nitrogens with zero attached hydrogens (tertiary/aromatic N) is 3. The quantitative estimate of drug-likeness (QED) is 0.690. The molecule has 0 bridgehead atoms. The minimum Gasteiger partial charge on any atom is -0.351 e. The number of nitrogens with one attached hydrogen (secondary N) is 3. The summed E-state index contributed by atoms with van der Waals surface area (Å²) >= 11 is 0. The third kappa shape index (κ3) is 4.11. The van der Waals surface area contributed by atoms with Crippen LogP contribution in [0.2, 0.25) is 0 Å². The standard InChI is InChI=1S/C15H22N6O.ClH/c1-11-17-7-9-21(11)8-3-2-5-18-15(22)14-12-10-16-6-4-13(12)19-20-14;/h7,9,16H,2-6,8,10H2,1H3,(H,18,22)(H,19,20);1H. The van der Waals surface area contributed by atoms with Crippen molar-refractivity contribution in [2.24, 2.45) is 0 Å². The summed E-state index contributed by atoms with van der Waals surface area (Å²) in [6, 6.07) is 0. The van der Waals surface area contributed by atoms with E-state index in [0.29, 0.717) is 18.8 Å². The van der Waals surface area contributed by atoms with Crippen LogP contribution in [0, 0.1) is 6.92 Å². The fourth-order valence-electron chi connectivity index (χ4n) is 2.75. The van der Waals surface area contributed by atoms with Crippen molar-refractivity contribution in [3.05, 3.63) is 35.2 Å². The number of aryl methyl sites for hydroxylation is 2. The average molecular weight is 339 g/mol. The van der Waals surface area contributed by atoms with E-state index in [4.69, 9.17) is 0 Å². The highest BCUT2D eigenvalue weighted by Gasteiger charge is 2.20. The molecule has 0 radical (unpaired) electrons. The van der Waals surface area contributed by atoms with Crippen LogP contribution in [0.4, 0.5) is 0 Å². The van der Waals surface area contributed by atoms with Crippen molar-refractivity contribution >= 4 is 18.3 Å². The van der Waals surface area contributed by atoms with E-state index >= 15 is 0 Å². The first-order chi connectivity index (χ1) is 10.8. The van der Waals surface area contributed by atoms with Gasteiger partial charge in [0.25, 0.3) is 5.91 Å². The van der Waals surface area contributed by atoms with Crippen molar-refractivity contribution in [3.8, 4) is 0 Å². The first kappa shape index (κ1) is 17.5. The molecular weight excluding hydrogens is 316 g/mol. The van der Waals surface area contributed by atoms with E-state index in [-0.39, 0.29) is 18.3 Å². The van der Waals surface area contributed by atoms with Gasteiger partial charge >= 0.3 is 0 Å². The van der Waals surface area contributed by atoms with Gasteiger partial charge in [-0.15, -0.1) is 12.4 Å². The number of amides is 1. The monoisotopic (exact) mass is 338 g/mol. The molecule has 2 aromatic rings. The summed E-state index contributed by atoms with van der Waals surface area (Å²) in [7, 11) is 0. The van der Waals surface area contributed by atoms with Crippen molar-refractivity contribution in [3.63, 3.8) is 0 Å². The number of hydrogen-bond donors (Lipinski definition) is 3. The summed E-state index contributed by atoms with van der Waals surface area (Å²) in [5, 5.41) is 13.4. The third-order valence-corrected chi connectivity index (χ3v) is 4.06. The fourth-order valence-corrected chi connectivity index (χ4v) is 2.75. The lowest BCUT2D eigenvalue weighted by molar-refractivity contribution is 0.0946. The molecule has 8 heteroatoms. The number of H-pyrrole nitrogens is 1. The lowest BCUT2D eigenvalue weighted by Gasteiger charge is -2.12. The topological polar surface area (TPSA) is 87.6 Å². The molecule has 0 saturated carbocycles. The molecule has 3 heterocycles. The number of imidazole rings is 1. The van der Waals surface area contributed by atoms with Gasteiger partial charge in [-0.3, -0.25) is 9.89 Å². The van der Waals surface area contributed by atoms with Crippen LogP contribution in [0.15, 0.2) is 12.4 Å². The van der Waals surface area contributed by atoms with Crippen molar-refractivity contribution in [1.82, 2.24) is 30.4 Å². The molecule has 1 aliphatic rings. The number of halogens is 1. The summed E-state index contributed by atoms with van der Waals surface area (Å²) in [6.07, 6.45) is 6.65. The largest absolute Gasteiger partial charge is 0.351 e. The van der Waals surface area contributed by atoms with Crippen LogP contribution in [0.5, 0.6) is 0 Å². The maximum absolute atomic E-state index is 12.2. The Morgan fingerprint density at radius 1 is 1.43 bits per heavy atom. The number of aromatic amines is 1. The van der Waals surface area contributed by atoms with Gasteiger partial charge in [0.05, 0.1) is 0 Å². The van der Waals surface area contributed by atoms with E-state index in [1.54, 1.807) is 0 Å². The number of carbonyl (C=O) groups excluding carboxylic acids is 1. The van der Waals surface area contributed by atoms with E-state index in [9.17, 15) is 4.79 Å². The van der Waals surface area contributed by atoms with Gasteiger partial charge in [-0.1, -0.05) is 0 Å². The zero-order chi connectivity index (χ0) is 15.4. The van der Waals surface area contributed by atoms with E-state index in [2.05, 4.69) is 30.4 Å². The van der Waals surface area contributed by atoms with Crippen LogP contribution in [0.25, 0.3) is 0 Å². The number of carbonyl (C=O) groups is 1. The molecule has 3 rings (SSSR count). The predicted molar refractivity (Wildman–Crippen MR) is 89.8 cm³/mol. The number of hydrogen-bond acceptors (Lipinski definition) is 4. The lowest BCUT2D eigenvalue weighted by Crippen LogP contribution is -2.29. The second kappa shape index (κ2) is 8.12. The minimum absolute atomic E-state index is 0. The number of unbranched alkanes of at least 4 members (excludes halogenated alkanes) is 1. The molecule has 0 aliphatic carbocycles. The molecule has 1 aliphatic heterocycles. The Hall–Kier alpha value is -1.86. The highest BCUT2D eigenvalue weighted by atomic mass is 35.5. The first-order valence-corrected chi connectivity index (χ1v) is 7.78. The summed E-state index contributed by atoms with van der Waals surface area (Å²) in [4.78, 5) is 16.4. The van der Waals surface area contributed by atoms with E-state index in [1.165, 1.54) is 0 Å². The first-order valence-electron chi connectivity index (χ1n) is 7.78. The average Bonchev–Trinajstić information content (AvgIpc) is 3.13. The van der Waals surface area contributed by atoms with Gasteiger partial charge in [0.15, 0.2) is 5.69 Å². The van der Waals surface area contributed by atoms with Crippen molar-refractivity contribution in [2.75, 3.05) is 13.1 Å². The molecule has 0 unspecified atom stereocenters. The summed E-state index contributed by atoms with van der Waals surface area (Å²) in [5.41, 5.74) is 2.63. The highest BCUT2D eigenvalue weighted by Crippen LogP contribution is 2.15. The van der Waals surface area contributed by atoms with Gasteiger partial charge < -0.3 is 15.2 Å². The molecule has 23 heavy (non-hydrogen) atoms. The minimum atomic E-state index is -0.0833. The van der Waals surface area contributed by atoms with Gasteiger partial charge in [-0.05, 0) is 19.8 Å². The van der Waals surface area contributed by atoms with Gasteiger partial charge in [0, 0.05) is 56.3 Å². The molecule has 0 atom stereocenters. The summed E-state index contributed by atoms with van der Waals surface area (Å²) in [5.74, 6) is 0.944. The third-order valence-electron chi connectivity index (χ3n) is 4.06. The highest BCUT2D eigenvalue weighted by molar-refractivity contribution is 5.94. The molecule has 2 aromatic heterocycles. The van der Waals surface area contributed by atoms with E-state index in [1.807, 2.05) is 19.3 Å². The Balaban J connectivity index is 0.00000192. The fraction of sp³-hybridized carbons (Fsp3) is 0.533. The summed E-state index contributed by atoms with van der Waals surface area (Å²) in [6.45, 7) is 5.25. The van der Waals surface area contributed by atoms with Crippen molar-refractivity contribution < 1.29 is 4.79 Å². The van der Waals surface area contributed by atoms with Gasteiger partial charge in [-0.2, -0.15) is 5.10 Å². The van der Waals surface area contributed by atoms with Crippen LogP contribution < -0.4 is 10.6 Å². The second-order valence-electron chi connectivity index (χ2n) is 5.59. The van der Waals surface area contributed by atoms with Crippen molar-refractivity contribution in [1.29, 1.82) is 0 Å². The Morgan fingerprint density at radius 2 is 2.30 bits per heavy atom. The van der Waals surface area contributed by atoms with Crippen LogP contribution in [-0.4, -0.2) is 38.7 Å². The maximum atomic E-state index is 12.2. The lowest BCUT2D eigenvalue weighted by atomic mass is 10.1. The molecule has 0 fully saturated rings. The van der Waals surface area contributed by atoms with Gasteiger partial charge in [0.2, 0.25) is 0 Å². The van der Waals surface area contributed by atoms with Crippen LogP contribution in [-0.2, 0) is 19.5 Å². The van der Waals surface area contributed by atoms with Crippen LogP contribution in [0.3, 0.4) is 0 Å². The molecule has 0 spiro atoms. The molecule has 0 saturated heterocycles. The Bertz CT molecular complexity index is 650. The normalized spacial score (nSPS) is 13.3.